The highest BCUT2D eigenvalue weighted by atomic mass is 16.5. The van der Waals surface area contributed by atoms with E-state index < -0.39 is 5.97 Å². The van der Waals surface area contributed by atoms with Gasteiger partial charge < -0.3 is 14.6 Å². The molecule has 5 heteroatoms. The molecule has 1 aliphatic rings. The van der Waals surface area contributed by atoms with Gasteiger partial charge in [0.25, 0.3) is 0 Å². The second kappa shape index (κ2) is 5.48. The number of carbonyl (C=O) groups is 1. The lowest BCUT2D eigenvalue weighted by molar-refractivity contribution is 0.0597. The van der Waals surface area contributed by atoms with Gasteiger partial charge in [-0.25, -0.2) is 4.79 Å². The normalized spacial score (nSPS) is 18.8. The van der Waals surface area contributed by atoms with Gasteiger partial charge in [-0.3, -0.25) is 4.90 Å². The van der Waals surface area contributed by atoms with E-state index in [0.717, 1.165) is 13.0 Å². The number of hydrogen-bond donors (Lipinski definition) is 1. The number of esters is 1. The number of methoxy groups -OCH3 is 1. The summed E-state index contributed by atoms with van der Waals surface area (Å²) in [5.74, 6) is -0.0541. The second-order valence-electron chi connectivity index (χ2n) is 4.86. The van der Waals surface area contributed by atoms with Gasteiger partial charge in [0.1, 0.15) is 6.61 Å². The van der Waals surface area contributed by atoms with Crippen molar-refractivity contribution in [1.82, 2.24) is 4.90 Å². The van der Waals surface area contributed by atoms with Crippen molar-refractivity contribution in [3.05, 3.63) is 23.3 Å². The van der Waals surface area contributed by atoms with Crippen LogP contribution in [0.2, 0.25) is 0 Å². The Morgan fingerprint density at radius 1 is 1.53 bits per heavy atom. The molecule has 0 aromatic heterocycles. The molecular formula is C14H19NO4. The van der Waals surface area contributed by atoms with Gasteiger partial charge in [0.05, 0.1) is 12.7 Å². The third kappa shape index (κ3) is 2.81. The summed E-state index contributed by atoms with van der Waals surface area (Å²) in [6.45, 7) is 3.32. The maximum atomic E-state index is 11.6. The lowest BCUT2D eigenvalue weighted by atomic mass is 10.1. The van der Waals surface area contributed by atoms with Gasteiger partial charge in [-0.15, -0.1) is 0 Å². The van der Waals surface area contributed by atoms with Crippen LogP contribution >= 0.6 is 0 Å². The van der Waals surface area contributed by atoms with Crippen molar-refractivity contribution in [2.75, 3.05) is 27.3 Å². The summed E-state index contributed by atoms with van der Waals surface area (Å²) in [5.41, 5.74) is 1.08. The van der Waals surface area contributed by atoms with Gasteiger partial charge >= 0.3 is 5.97 Å². The van der Waals surface area contributed by atoms with Gasteiger partial charge in [-0.2, -0.15) is 0 Å². The fourth-order valence-electron chi connectivity index (χ4n) is 2.08. The van der Waals surface area contributed by atoms with Crippen molar-refractivity contribution in [1.29, 1.82) is 0 Å². The zero-order chi connectivity index (χ0) is 14.0. The van der Waals surface area contributed by atoms with E-state index in [1.807, 2.05) is 7.05 Å². The van der Waals surface area contributed by atoms with Crippen molar-refractivity contribution in [3.8, 4) is 11.5 Å². The fraction of sp³-hybridized carbons (Fsp3) is 0.500. The predicted octanol–water partition coefficient (Wildman–Crippen LogP) is 1.57. The first-order valence-corrected chi connectivity index (χ1v) is 6.28. The predicted molar refractivity (Wildman–Crippen MR) is 70.7 cm³/mol. The molecule has 0 radical (unpaired) electrons. The molecule has 0 aliphatic carbocycles. The summed E-state index contributed by atoms with van der Waals surface area (Å²) < 4.78 is 10.3. The van der Waals surface area contributed by atoms with Crippen LogP contribution in [0.3, 0.4) is 0 Å². The van der Waals surface area contributed by atoms with Crippen LogP contribution in [0.1, 0.15) is 22.3 Å². The molecule has 1 aromatic rings. The van der Waals surface area contributed by atoms with E-state index in [4.69, 9.17) is 9.47 Å². The minimum Gasteiger partial charge on any atom is -0.504 e. The molecule has 1 fully saturated rings. The molecule has 1 heterocycles. The number of aryl methyl sites for hydroxylation is 1. The van der Waals surface area contributed by atoms with Gasteiger partial charge in [-0.1, -0.05) is 0 Å². The van der Waals surface area contributed by atoms with Crippen molar-refractivity contribution < 1.29 is 19.4 Å². The van der Waals surface area contributed by atoms with Crippen molar-refractivity contribution in [3.63, 3.8) is 0 Å². The van der Waals surface area contributed by atoms with Crippen LogP contribution < -0.4 is 4.74 Å². The maximum absolute atomic E-state index is 11.6. The number of hydrogen-bond acceptors (Lipinski definition) is 5. The maximum Gasteiger partial charge on any atom is 0.338 e. The van der Waals surface area contributed by atoms with Gasteiger partial charge in [0.15, 0.2) is 11.5 Å². The number of likely N-dealkylation sites (tertiary alicyclic amines) is 1. The standard InChI is InChI=1S/C14H19NO4/c1-9-6-12(16)13(7-11(9)14(17)18-3)19-8-10-4-5-15(10)2/h6-7,10,16H,4-5,8H2,1-3H3/t10-/m0/s1. The average molecular weight is 265 g/mol. The molecule has 104 valence electrons. The van der Waals surface area contributed by atoms with E-state index in [-0.39, 0.29) is 5.75 Å². The van der Waals surface area contributed by atoms with E-state index in [0.29, 0.717) is 29.5 Å². The number of aromatic hydroxyl groups is 1. The minimum absolute atomic E-state index is 0.0483. The molecular weight excluding hydrogens is 246 g/mol. The number of rotatable bonds is 4. The van der Waals surface area contributed by atoms with E-state index in [2.05, 4.69) is 4.90 Å². The molecule has 0 unspecified atom stereocenters. The summed E-state index contributed by atoms with van der Waals surface area (Å²) in [6.07, 6.45) is 1.09. The monoisotopic (exact) mass is 265 g/mol. The lowest BCUT2D eigenvalue weighted by Crippen LogP contribution is -2.48. The Balaban J connectivity index is 2.12. The highest BCUT2D eigenvalue weighted by Crippen LogP contribution is 2.30. The van der Waals surface area contributed by atoms with E-state index in [1.54, 1.807) is 6.92 Å². The van der Waals surface area contributed by atoms with Gasteiger partial charge in [-0.05, 0) is 44.6 Å². The quantitative estimate of drug-likeness (QED) is 0.837. The van der Waals surface area contributed by atoms with Crippen molar-refractivity contribution >= 4 is 5.97 Å². The number of ether oxygens (including phenoxy) is 2. The van der Waals surface area contributed by atoms with Crippen LogP contribution in [0.4, 0.5) is 0 Å². The third-order valence-corrected chi connectivity index (χ3v) is 3.58. The molecule has 0 amide bonds. The van der Waals surface area contributed by atoms with Gasteiger partial charge in [0, 0.05) is 6.04 Å². The SMILES string of the molecule is COC(=O)c1cc(OC[C@@H]2CCN2C)c(O)cc1C. The number of benzene rings is 1. The molecule has 1 aliphatic heterocycles. The van der Waals surface area contributed by atoms with Crippen LogP contribution in [0.25, 0.3) is 0 Å². The highest BCUT2D eigenvalue weighted by Gasteiger charge is 2.25. The van der Waals surface area contributed by atoms with Crippen LogP contribution in [-0.2, 0) is 4.74 Å². The van der Waals surface area contributed by atoms with Crippen LogP contribution in [0.5, 0.6) is 11.5 Å². The van der Waals surface area contributed by atoms with Crippen LogP contribution in [0.15, 0.2) is 12.1 Å². The smallest absolute Gasteiger partial charge is 0.338 e. The number of likely N-dealkylation sites (N-methyl/N-ethyl adjacent to an activating group) is 1. The molecule has 19 heavy (non-hydrogen) atoms. The Bertz CT molecular complexity index is 487. The Morgan fingerprint density at radius 3 is 2.79 bits per heavy atom. The topological polar surface area (TPSA) is 59.0 Å². The second-order valence-corrected chi connectivity index (χ2v) is 4.86. The number of phenolic OH excluding ortho intramolecular Hbond substituents is 1. The van der Waals surface area contributed by atoms with Crippen LogP contribution in [0, 0.1) is 6.92 Å². The molecule has 1 aromatic carbocycles. The first kappa shape index (κ1) is 13.7. The summed E-state index contributed by atoms with van der Waals surface area (Å²) in [6, 6.07) is 3.43. The first-order valence-electron chi connectivity index (χ1n) is 6.28. The molecule has 5 nitrogen and oxygen atoms in total. The van der Waals surface area contributed by atoms with E-state index in [1.165, 1.54) is 19.2 Å². The summed E-state index contributed by atoms with van der Waals surface area (Å²) >= 11 is 0. The number of phenols is 1. The molecule has 0 spiro atoms. The molecule has 0 saturated carbocycles. The first-order chi connectivity index (χ1) is 9.02. The Kier molecular flexibility index (Phi) is 3.95. The highest BCUT2D eigenvalue weighted by molar-refractivity contribution is 5.91. The van der Waals surface area contributed by atoms with Gasteiger partial charge in [0.2, 0.25) is 0 Å². The summed E-state index contributed by atoms with van der Waals surface area (Å²) in [4.78, 5) is 13.8. The Hall–Kier alpha value is -1.75. The number of carbonyl (C=O) groups excluding carboxylic acids is 1. The molecule has 1 N–H and O–H groups in total. The van der Waals surface area contributed by atoms with Crippen LogP contribution in [-0.4, -0.2) is 49.3 Å². The van der Waals surface area contributed by atoms with E-state index >= 15 is 0 Å². The minimum atomic E-state index is -0.428. The molecule has 2 rings (SSSR count). The Labute approximate surface area is 112 Å². The van der Waals surface area contributed by atoms with E-state index in [9.17, 15) is 9.90 Å². The molecule has 1 atom stereocenters. The molecule has 1 saturated heterocycles. The van der Waals surface area contributed by atoms with Crippen molar-refractivity contribution in [2.45, 2.75) is 19.4 Å². The molecule has 0 bridgehead atoms. The summed E-state index contributed by atoms with van der Waals surface area (Å²) in [5, 5.41) is 9.85. The Morgan fingerprint density at radius 2 is 2.26 bits per heavy atom. The zero-order valence-corrected chi connectivity index (χ0v) is 11.5. The fourth-order valence-corrected chi connectivity index (χ4v) is 2.08. The lowest BCUT2D eigenvalue weighted by Gasteiger charge is -2.37. The third-order valence-electron chi connectivity index (χ3n) is 3.58. The summed E-state index contributed by atoms with van der Waals surface area (Å²) in [7, 11) is 3.37. The number of nitrogens with zero attached hydrogens (tertiary/aromatic N) is 1. The zero-order valence-electron chi connectivity index (χ0n) is 11.5. The largest absolute Gasteiger partial charge is 0.504 e. The average Bonchev–Trinajstić information content (AvgIpc) is 2.38. The van der Waals surface area contributed by atoms with Crippen molar-refractivity contribution in [2.24, 2.45) is 0 Å².